The molecule has 1 heterocycles. The number of allylic oxidation sites excluding steroid dienone is 1. The Bertz CT molecular complexity index is 770. The van der Waals surface area contributed by atoms with Crippen LogP contribution in [0.1, 0.15) is 48.2 Å². The molecule has 0 saturated carbocycles. The van der Waals surface area contributed by atoms with Crippen LogP contribution in [0.3, 0.4) is 0 Å². The quantitative estimate of drug-likeness (QED) is 0.736. The average molecular weight is 350 g/mol. The maximum atomic E-state index is 13.3. The van der Waals surface area contributed by atoms with Gasteiger partial charge in [0.25, 0.3) is 0 Å². The molecule has 0 bridgehead atoms. The third-order valence-corrected chi connectivity index (χ3v) is 5.17. The van der Waals surface area contributed by atoms with E-state index in [4.69, 9.17) is 4.74 Å². The number of rotatable bonds is 4. The van der Waals surface area contributed by atoms with Crippen LogP contribution in [0.15, 0.2) is 60.8 Å². The number of hydrogen-bond donors (Lipinski definition) is 0. The zero-order chi connectivity index (χ0) is 18.6. The molecule has 1 aliphatic rings. The third kappa shape index (κ3) is 3.95. The Morgan fingerprint density at radius 2 is 1.58 bits per heavy atom. The van der Waals surface area contributed by atoms with E-state index < -0.39 is 0 Å². The largest absolute Gasteiger partial charge is 0.370 e. The molecule has 3 rings (SSSR count). The highest BCUT2D eigenvalue weighted by molar-refractivity contribution is 5.89. The molecule has 3 nitrogen and oxygen atoms in total. The van der Waals surface area contributed by atoms with Gasteiger partial charge in [-0.2, -0.15) is 0 Å². The minimum Gasteiger partial charge on any atom is -0.370 e. The molecule has 2 aromatic rings. The predicted molar refractivity (Wildman–Crippen MR) is 106 cm³/mol. The molecule has 0 aliphatic carbocycles. The lowest BCUT2D eigenvalue weighted by Crippen LogP contribution is -2.55. The standard InChI is InChI=1S/C23H28NO2/c1-18(2)20-9-11-21(12-10-20)19(3)17-24(13-15-26-16-14-24)23(25)22-7-5-4-6-8-22/h4-12,17-18H,13-16H2,1-3H3/q+1. The molecule has 0 spiro atoms. The van der Waals surface area contributed by atoms with Gasteiger partial charge in [0.2, 0.25) is 0 Å². The Kier molecular flexibility index (Phi) is 5.70. The molecule has 1 saturated heterocycles. The number of quaternary nitrogens is 1. The highest BCUT2D eigenvalue weighted by Gasteiger charge is 2.38. The summed E-state index contributed by atoms with van der Waals surface area (Å²) in [5, 5.41) is 0. The SMILES string of the molecule is CC(=C[N+]1(C(=O)c2ccccc2)CCOCC1)c1ccc(C(C)C)cc1. The van der Waals surface area contributed by atoms with Crippen LogP contribution in [0.5, 0.6) is 0 Å². The first-order valence-corrected chi connectivity index (χ1v) is 9.36. The molecule has 0 radical (unpaired) electrons. The van der Waals surface area contributed by atoms with Gasteiger partial charge < -0.3 is 4.74 Å². The molecule has 1 aliphatic heterocycles. The number of amides is 1. The van der Waals surface area contributed by atoms with Crippen molar-refractivity contribution in [2.24, 2.45) is 0 Å². The van der Waals surface area contributed by atoms with Crippen molar-refractivity contribution in [1.82, 2.24) is 0 Å². The van der Waals surface area contributed by atoms with Crippen LogP contribution in [0.25, 0.3) is 5.57 Å². The van der Waals surface area contributed by atoms with Gasteiger partial charge in [0, 0.05) is 5.57 Å². The van der Waals surface area contributed by atoms with Gasteiger partial charge in [0.05, 0.1) is 18.8 Å². The zero-order valence-electron chi connectivity index (χ0n) is 15.9. The van der Waals surface area contributed by atoms with Crippen molar-refractivity contribution in [3.63, 3.8) is 0 Å². The Morgan fingerprint density at radius 3 is 2.15 bits per heavy atom. The number of nitrogens with zero attached hydrogens (tertiary/aromatic N) is 1. The van der Waals surface area contributed by atoms with E-state index in [0.717, 1.165) is 11.1 Å². The normalized spacial score (nSPS) is 17.3. The topological polar surface area (TPSA) is 26.3 Å². The van der Waals surface area contributed by atoms with Crippen LogP contribution in [0, 0.1) is 0 Å². The maximum Gasteiger partial charge on any atom is 0.350 e. The van der Waals surface area contributed by atoms with E-state index in [1.54, 1.807) is 0 Å². The van der Waals surface area contributed by atoms with Gasteiger partial charge in [0.1, 0.15) is 19.3 Å². The van der Waals surface area contributed by atoms with E-state index in [1.165, 1.54) is 11.1 Å². The minimum atomic E-state index is 0.145. The molecule has 2 aromatic carbocycles. The van der Waals surface area contributed by atoms with Crippen molar-refractivity contribution >= 4 is 11.5 Å². The number of ether oxygens (including phenoxy) is 1. The number of hydrogen-bond acceptors (Lipinski definition) is 2. The molecular weight excluding hydrogens is 322 g/mol. The molecule has 1 fully saturated rings. The lowest BCUT2D eigenvalue weighted by atomic mass is 9.99. The summed E-state index contributed by atoms with van der Waals surface area (Å²) in [5.74, 6) is 0.665. The molecular formula is C23H28NO2+. The summed E-state index contributed by atoms with van der Waals surface area (Å²) < 4.78 is 5.86. The average Bonchev–Trinajstić information content (AvgIpc) is 2.68. The smallest absolute Gasteiger partial charge is 0.350 e. The molecule has 0 unspecified atom stereocenters. The van der Waals surface area contributed by atoms with Crippen molar-refractivity contribution in [3.05, 3.63) is 77.5 Å². The van der Waals surface area contributed by atoms with Crippen LogP contribution < -0.4 is 0 Å². The van der Waals surface area contributed by atoms with Crippen molar-refractivity contribution in [3.8, 4) is 0 Å². The predicted octanol–water partition coefficient (Wildman–Crippen LogP) is 4.86. The zero-order valence-corrected chi connectivity index (χ0v) is 15.9. The van der Waals surface area contributed by atoms with Crippen LogP contribution >= 0.6 is 0 Å². The molecule has 26 heavy (non-hydrogen) atoms. The number of carbonyl (C=O) groups excluding carboxylic acids is 1. The number of carbonyl (C=O) groups is 1. The van der Waals surface area contributed by atoms with Crippen molar-refractivity contribution in [2.75, 3.05) is 26.3 Å². The highest BCUT2D eigenvalue weighted by atomic mass is 16.5. The molecule has 0 N–H and O–H groups in total. The van der Waals surface area contributed by atoms with Gasteiger partial charge in [-0.05, 0) is 36.1 Å². The van der Waals surface area contributed by atoms with E-state index in [-0.39, 0.29) is 5.91 Å². The van der Waals surface area contributed by atoms with Crippen LogP contribution in [0.2, 0.25) is 0 Å². The van der Waals surface area contributed by atoms with E-state index in [0.29, 0.717) is 36.7 Å². The summed E-state index contributed by atoms with van der Waals surface area (Å²) in [7, 11) is 0. The lowest BCUT2D eigenvalue weighted by Gasteiger charge is -2.36. The minimum absolute atomic E-state index is 0.145. The lowest BCUT2D eigenvalue weighted by molar-refractivity contribution is -0.806. The first-order chi connectivity index (χ1) is 12.5. The fourth-order valence-electron chi connectivity index (χ4n) is 3.47. The van der Waals surface area contributed by atoms with E-state index in [1.807, 2.05) is 30.3 Å². The first kappa shape index (κ1) is 18.6. The summed E-state index contributed by atoms with van der Waals surface area (Å²) >= 11 is 0. The molecule has 0 aromatic heterocycles. The Hall–Kier alpha value is -2.23. The van der Waals surface area contributed by atoms with E-state index in [9.17, 15) is 4.79 Å². The second-order valence-electron chi connectivity index (χ2n) is 7.35. The highest BCUT2D eigenvalue weighted by Crippen LogP contribution is 2.25. The second-order valence-corrected chi connectivity index (χ2v) is 7.35. The molecule has 3 heteroatoms. The first-order valence-electron chi connectivity index (χ1n) is 9.36. The fourth-order valence-corrected chi connectivity index (χ4v) is 3.47. The Labute approximate surface area is 156 Å². The fraction of sp³-hybridized carbons (Fsp3) is 0.348. The van der Waals surface area contributed by atoms with E-state index in [2.05, 4.69) is 51.2 Å². The van der Waals surface area contributed by atoms with Crippen LogP contribution in [-0.2, 0) is 4.74 Å². The monoisotopic (exact) mass is 350 g/mol. The summed E-state index contributed by atoms with van der Waals surface area (Å²) in [6.45, 7) is 9.06. The van der Waals surface area contributed by atoms with Gasteiger partial charge in [0.15, 0.2) is 0 Å². The number of benzene rings is 2. The summed E-state index contributed by atoms with van der Waals surface area (Å²) in [5.41, 5.74) is 4.39. The van der Waals surface area contributed by atoms with Gasteiger partial charge in [-0.3, -0.25) is 0 Å². The number of morpholine rings is 1. The van der Waals surface area contributed by atoms with Gasteiger partial charge in [-0.15, -0.1) is 0 Å². The van der Waals surface area contributed by atoms with Crippen LogP contribution in [-0.4, -0.2) is 36.7 Å². The maximum absolute atomic E-state index is 13.3. The summed E-state index contributed by atoms with van der Waals surface area (Å²) in [4.78, 5) is 13.3. The van der Waals surface area contributed by atoms with Crippen LogP contribution in [0.4, 0.5) is 0 Å². The van der Waals surface area contributed by atoms with Gasteiger partial charge in [-0.25, -0.2) is 9.28 Å². The van der Waals surface area contributed by atoms with Crippen molar-refractivity contribution in [2.45, 2.75) is 26.7 Å². The van der Waals surface area contributed by atoms with E-state index >= 15 is 0 Å². The Morgan fingerprint density at radius 1 is 0.962 bits per heavy atom. The summed E-state index contributed by atoms with van der Waals surface area (Å²) in [6.07, 6.45) is 2.13. The summed E-state index contributed by atoms with van der Waals surface area (Å²) in [6, 6.07) is 18.3. The van der Waals surface area contributed by atoms with Gasteiger partial charge in [-0.1, -0.05) is 56.3 Å². The Balaban J connectivity index is 1.94. The van der Waals surface area contributed by atoms with Gasteiger partial charge >= 0.3 is 5.91 Å². The molecule has 136 valence electrons. The molecule has 1 amide bonds. The molecule has 0 atom stereocenters. The van der Waals surface area contributed by atoms with Crippen molar-refractivity contribution in [1.29, 1.82) is 0 Å². The third-order valence-electron chi connectivity index (χ3n) is 5.17. The second kappa shape index (κ2) is 7.98. The van der Waals surface area contributed by atoms with Crippen molar-refractivity contribution < 1.29 is 14.0 Å².